The van der Waals surface area contributed by atoms with E-state index in [1.165, 1.54) is 37.8 Å². The highest BCUT2D eigenvalue weighted by Crippen LogP contribution is 2.32. The van der Waals surface area contributed by atoms with Gasteiger partial charge in [-0.2, -0.15) is 0 Å². The number of nitrogens with zero attached hydrogens (tertiary/aromatic N) is 2. The molecule has 1 aromatic heterocycles. The molecule has 42 heavy (non-hydrogen) atoms. The highest BCUT2D eigenvalue weighted by molar-refractivity contribution is 7.90. The summed E-state index contributed by atoms with van der Waals surface area (Å²) in [6.45, 7) is 3.32. The molecule has 6 rings (SSSR count). The zero-order valence-corrected chi connectivity index (χ0v) is 24.7. The molecule has 4 aromatic rings. The standard InChI is InChI=1S/C32H35FN4O4S/c1-3-24-25(10-13-29(31(24)33)42(2,39)40)32(38)37-14-15-41-28-12-9-20(16-22(28)19-37)21-8-11-26-27(17-21)36-30(35-26)18-34-23-6-4-5-7-23/h8-13,16-17,23,34H,3-7,14-15,18-19H2,1-2H3,(H,35,36). The number of halogens is 1. The molecule has 2 N–H and O–H groups in total. The normalized spacial score (nSPS) is 15.9. The Labute approximate surface area is 245 Å². The van der Waals surface area contributed by atoms with Gasteiger partial charge in [0.1, 0.15) is 28.9 Å². The first kappa shape index (κ1) is 28.4. The van der Waals surface area contributed by atoms with E-state index < -0.39 is 20.5 Å². The Bertz CT molecular complexity index is 1760. The van der Waals surface area contributed by atoms with Crippen LogP contribution in [0.25, 0.3) is 22.2 Å². The van der Waals surface area contributed by atoms with Crippen LogP contribution in [-0.2, 0) is 29.3 Å². The smallest absolute Gasteiger partial charge is 0.254 e. The van der Waals surface area contributed by atoms with Crippen LogP contribution in [0.1, 0.15) is 59.9 Å². The van der Waals surface area contributed by atoms with Gasteiger partial charge in [0.25, 0.3) is 5.91 Å². The summed E-state index contributed by atoms with van der Waals surface area (Å²) in [4.78, 5) is 23.1. The minimum atomic E-state index is -3.76. The van der Waals surface area contributed by atoms with Gasteiger partial charge in [-0.15, -0.1) is 0 Å². The molecule has 1 aliphatic carbocycles. The predicted octanol–water partition coefficient (Wildman–Crippen LogP) is 5.40. The van der Waals surface area contributed by atoms with Gasteiger partial charge in [0.2, 0.25) is 0 Å². The first-order valence-corrected chi connectivity index (χ1v) is 16.4. The summed E-state index contributed by atoms with van der Waals surface area (Å²) < 4.78 is 45.2. The van der Waals surface area contributed by atoms with E-state index in [9.17, 15) is 13.2 Å². The van der Waals surface area contributed by atoms with Crippen LogP contribution in [0.15, 0.2) is 53.4 Å². The molecule has 1 saturated carbocycles. The fourth-order valence-electron chi connectivity index (χ4n) is 6.05. The molecule has 1 aliphatic heterocycles. The summed E-state index contributed by atoms with van der Waals surface area (Å²) in [5.41, 5.74) is 4.99. The van der Waals surface area contributed by atoms with Crippen LogP contribution in [0.4, 0.5) is 4.39 Å². The van der Waals surface area contributed by atoms with E-state index in [-0.39, 0.29) is 30.0 Å². The minimum Gasteiger partial charge on any atom is -0.491 e. The summed E-state index contributed by atoms with van der Waals surface area (Å²) in [7, 11) is -3.76. The van der Waals surface area contributed by atoms with Crippen LogP contribution < -0.4 is 10.1 Å². The molecule has 2 heterocycles. The van der Waals surface area contributed by atoms with Crippen LogP contribution in [0.3, 0.4) is 0 Å². The van der Waals surface area contributed by atoms with Gasteiger partial charge >= 0.3 is 0 Å². The van der Waals surface area contributed by atoms with Crippen molar-refractivity contribution >= 4 is 26.8 Å². The summed E-state index contributed by atoms with van der Waals surface area (Å²) in [6, 6.07) is 15.3. The lowest BCUT2D eigenvalue weighted by Gasteiger charge is -2.22. The van der Waals surface area contributed by atoms with Crippen molar-refractivity contribution in [1.29, 1.82) is 0 Å². The Hall–Kier alpha value is -3.76. The number of H-pyrrole nitrogens is 1. The van der Waals surface area contributed by atoms with Gasteiger partial charge in [0.05, 0.1) is 24.1 Å². The Kier molecular flexibility index (Phi) is 7.76. The fourth-order valence-corrected chi connectivity index (χ4v) is 6.81. The zero-order chi connectivity index (χ0) is 29.4. The van der Waals surface area contributed by atoms with Gasteiger partial charge in [-0.1, -0.05) is 31.9 Å². The summed E-state index contributed by atoms with van der Waals surface area (Å²) in [5, 5.41) is 3.60. The monoisotopic (exact) mass is 590 g/mol. The molecular weight excluding hydrogens is 555 g/mol. The minimum absolute atomic E-state index is 0.104. The molecule has 0 radical (unpaired) electrons. The van der Waals surface area contributed by atoms with Crippen molar-refractivity contribution in [1.82, 2.24) is 20.2 Å². The molecule has 0 bridgehead atoms. The van der Waals surface area contributed by atoms with E-state index >= 15 is 4.39 Å². The van der Waals surface area contributed by atoms with Crippen molar-refractivity contribution < 1.29 is 22.3 Å². The number of rotatable bonds is 7. The largest absolute Gasteiger partial charge is 0.491 e. The third-order valence-corrected chi connectivity index (χ3v) is 9.41. The van der Waals surface area contributed by atoms with Gasteiger partial charge in [-0.25, -0.2) is 17.8 Å². The molecule has 2 aliphatic rings. The molecule has 0 atom stereocenters. The highest BCUT2D eigenvalue weighted by atomic mass is 32.2. The van der Waals surface area contributed by atoms with Crippen molar-refractivity contribution in [3.8, 4) is 16.9 Å². The molecule has 8 nitrogen and oxygen atoms in total. The van der Waals surface area contributed by atoms with E-state index in [1.54, 1.807) is 11.8 Å². The van der Waals surface area contributed by atoms with Crippen molar-refractivity contribution in [2.75, 3.05) is 19.4 Å². The Morgan fingerprint density at radius 3 is 2.64 bits per heavy atom. The highest BCUT2D eigenvalue weighted by Gasteiger charge is 2.27. The van der Waals surface area contributed by atoms with E-state index in [4.69, 9.17) is 9.72 Å². The molecule has 0 saturated heterocycles. The third kappa shape index (κ3) is 5.65. The van der Waals surface area contributed by atoms with Crippen LogP contribution in [0, 0.1) is 5.82 Å². The Balaban J connectivity index is 1.24. The van der Waals surface area contributed by atoms with Gasteiger partial charge in [0, 0.05) is 35.5 Å². The van der Waals surface area contributed by atoms with E-state index in [0.29, 0.717) is 24.9 Å². The lowest BCUT2D eigenvalue weighted by molar-refractivity contribution is 0.0731. The molecular formula is C32H35FN4O4S. The number of amides is 1. The van der Waals surface area contributed by atoms with Crippen molar-refractivity contribution in [2.24, 2.45) is 0 Å². The van der Waals surface area contributed by atoms with E-state index in [1.807, 2.05) is 30.3 Å². The quantitative estimate of drug-likeness (QED) is 0.299. The second kappa shape index (κ2) is 11.5. The number of aromatic nitrogens is 2. The molecule has 220 valence electrons. The molecule has 0 unspecified atom stereocenters. The maximum Gasteiger partial charge on any atom is 0.254 e. The molecule has 3 aromatic carbocycles. The zero-order valence-electron chi connectivity index (χ0n) is 23.9. The number of imidazole rings is 1. The second-order valence-corrected chi connectivity index (χ2v) is 13.2. The van der Waals surface area contributed by atoms with Crippen molar-refractivity contribution in [2.45, 2.75) is 63.1 Å². The SMILES string of the molecule is CCc1c(C(=O)N2CCOc3ccc(-c4ccc5nc(CNC6CCCC6)[nH]c5c4)cc3C2)ccc(S(C)(=O)=O)c1F. The number of hydrogen-bond acceptors (Lipinski definition) is 6. The Morgan fingerprint density at radius 1 is 1.12 bits per heavy atom. The van der Waals surface area contributed by atoms with Crippen LogP contribution >= 0.6 is 0 Å². The number of fused-ring (bicyclic) bond motifs is 2. The van der Waals surface area contributed by atoms with Crippen molar-refractivity contribution in [3.63, 3.8) is 0 Å². The number of sulfone groups is 1. The lowest BCUT2D eigenvalue weighted by atomic mass is 10.0. The molecule has 1 amide bonds. The number of carbonyl (C=O) groups excluding carboxylic acids is 1. The van der Waals surface area contributed by atoms with Crippen molar-refractivity contribution in [3.05, 3.63) is 76.9 Å². The summed E-state index contributed by atoms with van der Waals surface area (Å²) in [5.74, 6) is 0.411. The van der Waals surface area contributed by atoms with Crippen LogP contribution in [-0.4, -0.2) is 54.6 Å². The van der Waals surface area contributed by atoms with Gasteiger partial charge < -0.3 is 19.9 Å². The Morgan fingerprint density at radius 2 is 1.88 bits per heavy atom. The number of carbonyl (C=O) groups is 1. The number of nitrogens with one attached hydrogen (secondary N) is 2. The average Bonchev–Trinajstić information content (AvgIpc) is 3.59. The van der Waals surface area contributed by atoms with Crippen LogP contribution in [0.2, 0.25) is 0 Å². The van der Waals surface area contributed by atoms with Crippen LogP contribution in [0.5, 0.6) is 5.75 Å². The number of hydrogen-bond donors (Lipinski definition) is 2. The summed E-state index contributed by atoms with van der Waals surface area (Å²) >= 11 is 0. The molecule has 10 heteroatoms. The maximum absolute atomic E-state index is 15.2. The lowest BCUT2D eigenvalue weighted by Crippen LogP contribution is -2.33. The number of benzene rings is 3. The van der Waals surface area contributed by atoms with Gasteiger partial charge in [-0.05, 0) is 66.8 Å². The summed E-state index contributed by atoms with van der Waals surface area (Å²) in [6.07, 6.45) is 6.18. The van der Waals surface area contributed by atoms with E-state index in [2.05, 4.69) is 16.4 Å². The predicted molar refractivity (Wildman–Crippen MR) is 160 cm³/mol. The number of aromatic amines is 1. The first-order chi connectivity index (χ1) is 20.2. The third-order valence-electron chi connectivity index (χ3n) is 8.30. The first-order valence-electron chi connectivity index (χ1n) is 14.5. The fraction of sp³-hybridized carbons (Fsp3) is 0.375. The van der Waals surface area contributed by atoms with Gasteiger partial charge in [-0.3, -0.25) is 4.79 Å². The van der Waals surface area contributed by atoms with E-state index in [0.717, 1.165) is 46.3 Å². The topological polar surface area (TPSA) is 104 Å². The number of ether oxygens (including phenoxy) is 1. The average molecular weight is 591 g/mol. The molecule has 0 spiro atoms. The van der Waals surface area contributed by atoms with Gasteiger partial charge in [0.15, 0.2) is 9.84 Å². The maximum atomic E-state index is 15.2. The molecule has 1 fully saturated rings. The second-order valence-electron chi connectivity index (χ2n) is 11.2.